The van der Waals surface area contributed by atoms with E-state index in [0.29, 0.717) is 22.2 Å². The topological polar surface area (TPSA) is 49.4 Å². The van der Waals surface area contributed by atoms with E-state index in [1.807, 2.05) is 30.3 Å². The second-order valence-electron chi connectivity index (χ2n) is 7.21. The van der Waals surface area contributed by atoms with Gasteiger partial charge in [0.05, 0.1) is 6.54 Å². The van der Waals surface area contributed by atoms with Gasteiger partial charge in [-0.05, 0) is 42.7 Å². The largest absolute Gasteiger partial charge is 0.324 e. The number of hydrogen-bond acceptors (Lipinski definition) is 3. The molecule has 1 heterocycles. The molecule has 0 aromatic heterocycles. The maximum absolute atomic E-state index is 13.4. The van der Waals surface area contributed by atoms with Gasteiger partial charge < -0.3 is 10.1 Å². The third-order valence-corrected chi connectivity index (χ3v) is 6.15. The summed E-state index contributed by atoms with van der Waals surface area (Å²) in [7, 11) is 0. The number of amides is 1. The quantitative estimate of drug-likeness (QED) is 0.726. The van der Waals surface area contributed by atoms with Crippen LogP contribution in [0.2, 0.25) is 10.0 Å². The smallest absolute Gasteiger partial charge is 0.249 e. The van der Waals surface area contributed by atoms with Gasteiger partial charge in [0.25, 0.3) is 0 Å². The van der Waals surface area contributed by atoms with E-state index in [2.05, 4.69) is 10.2 Å². The van der Waals surface area contributed by atoms with Gasteiger partial charge in [-0.15, -0.1) is 0 Å². The van der Waals surface area contributed by atoms with Crippen molar-refractivity contribution >= 4 is 41.1 Å². The number of anilines is 1. The third kappa shape index (κ3) is 3.16. The first-order valence-electron chi connectivity index (χ1n) is 9.11. The first kappa shape index (κ1) is 18.5. The molecule has 0 bridgehead atoms. The lowest BCUT2D eigenvalue weighted by molar-refractivity contribution is -0.133. The zero-order valence-electron chi connectivity index (χ0n) is 14.8. The summed E-state index contributed by atoms with van der Waals surface area (Å²) >= 11 is 12.3. The van der Waals surface area contributed by atoms with Gasteiger partial charge in [-0.25, -0.2) is 0 Å². The molecule has 0 saturated heterocycles. The van der Waals surface area contributed by atoms with Crippen LogP contribution in [0.5, 0.6) is 0 Å². The van der Waals surface area contributed by atoms with E-state index >= 15 is 0 Å². The molecule has 4 rings (SSSR count). The SMILES string of the molecule is O=CCN(C1CCC1)C1(Cc2cccc(Cl)c2)C(=O)Nc2cc(Cl)ccc21. The van der Waals surface area contributed by atoms with Crippen molar-refractivity contribution in [3.63, 3.8) is 0 Å². The molecule has 1 amide bonds. The molecule has 2 aliphatic rings. The lowest BCUT2D eigenvalue weighted by Crippen LogP contribution is -2.58. The Morgan fingerprint density at radius 2 is 1.93 bits per heavy atom. The molecule has 2 aromatic carbocycles. The van der Waals surface area contributed by atoms with Gasteiger partial charge in [0, 0.05) is 33.8 Å². The molecular weight excluding hydrogens is 383 g/mol. The first-order chi connectivity index (χ1) is 13.0. The molecule has 1 atom stereocenters. The molecular formula is C21H20Cl2N2O2. The maximum atomic E-state index is 13.4. The monoisotopic (exact) mass is 402 g/mol. The van der Waals surface area contributed by atoms with E-state index in [-0.39, 0.29) is 18.5 Å². The Labute approximate surface area is 168 Å². The number of nitrogens with one attached hydrogen (secondary N) is 1. The van der Waals surface area contributed by atoms with Crippen molar-refractivity contribution in [1.82, 2.24) is 4.90 Å². The Hall–Kier alpha value is -1.88. The van der Waals surface area contributed by atoms with Crippen LogP contribution in [-0.2, 0) is 21.5 Å². The number of benzene rings is 2. The number of fused-ring (bicyclic) bond motifs is 1. The number of halogens is 2. The van der Waals surface area contributed by atoms with Crippen LogP contribution >= 0.6 is 23.2 Å². The highest BCUT2D eigenvalue weighted by atomic mass is 35.5. The standard InChI is InChI=1S/C21H20Cl2N2O2/c22-15-4-1-3-14(11-15)13-21(25(9-10-26)17-5-2-6-17)18-8-7-16(23)12-19(18)24-20(21)27/h1,3-4,7-8,10-12,17H,2,5-6,9,13H2,(H,24,27). The normalized spacial score (nSPS) is 21.7. The van der Waals surface area contributed by atoms with Gasteiger partial charge in [-0.1, -0.05) is 47.8 Å². The molecule has 6 heteroatoms. The summed E-state index contributed by atoms with van der Waals surface area (Å²) < 4.78 is 0. The molecule has 2 aromatic rings. The Morgan fingerprint density at radius 1 is 1.15 bits per heavy atom. The summed E-state index contributed by atoms with van der Waals surface area (Å²) in [5.74, 6) is -0.117. The highest BCUT2D eigenvalue weighted by Gasteiger charge is 2.53. The van der Waals surface area contributed by atoms with Crippen molar-refractivity contribution < 1.29 is 9.59 Å². The van der Waals surface area contributed by atoms with Crippen LogP contribution in [0.3, 0.4) is 0 Å². The first-order valence-corrected chi connectivity index (χ1v) is 9.86. The van der Waals surface area contributed by atoms with Crippen molar-refractivity contribution in [2.75, 3.05) is 11.9 Å². The third-order valence-electron chi connectivity index (χ3n) is 5.68. The van der Waals surface area contributed by atoms with Crippen molar-refractivity contribution in [2.24, 2.45) is 0 Å². The zero-order valence-corrected chi connectivity index (χ0v) is 16.3. The van der Waals surface area contributed by atoms with Crippen molar-refractivity contribution in [3.05, 3.63) is 63.6 Å². The van der Waals surface area contributed by atoms with E-state index in [0.717, 1.165) is 36.7 Å². The van der Waals surface area contributed by atoms with Gasteiger partial charge in [0.2, 0.25) is 5.91 Å². The van der Waals surface area contributed by atoms with Crippen molar-refractivity contribution in [1.29, 1.82) is 0 Å². The van der Waals surface area contributed by atoms with Gasteiger partial charge >= 0.3 is 0 Å². The fourth-order valence-electron chi connectivity index (χ4n) is 4.23. The summed E-state index contributed by atoms with van der Waals surface area (Å²) in [5, 5.41) is 4.19. The number of hydrogen-bond donors (Lipinski definition) is 1. The average Bonchev–Trinajstić information content (AvgIpc) is 2.84. The van der Waals surface area contributed by atoms with Crippen LogP contribution in [0.4, 0.5) is 5.69 Å². The minimum absolute atomic E-state index is 0.117. The minimum Gasteiger partial charge on any atom is -0.324 e. The van der Waals surface area contributed by atoms with E-state index in [1.165, 1.54) is 0 Å². The zero-order chi connectivity index (χ0) is 19.0. The van der Waals surface area contributed by atoms with Crippen LogP contribution in [0.1, 0.15) is 30.4 Å². The number of rotatable bonds is 6. The molecule has 1 N–H and O–H groups in total. The molecule has 0 radical (unpaired) electrons. The van der Waals surface area contributed by atoms with E-state index in [4.69, 9.17) is 23.2 Å². The fourth-order valence-corrected chi connectivity index (χ4v) is 4.61. The molecule has 1 aliphatic carbocycles. The van der Waals surface area contributed by atoms with Gasteiger partial charge in [-0.3, -0.25) is 9.69 Å². The summed E-state index contributed by atoms with van der Waals surface area (Å²) in [6.45, 7) is 0.209. The van der Waals surface area contributed by atoms with Gasteiger partial charge in [0.1, 0.15) is 11.8 Å². The number of carbonyl (C=O) groups excluding carboxylic acids is 2. The number of carbonyl (C=O) groups is 2. The van der Waals surface area contributed by atoms with Crippen LogP contribution in [-0.4, -0.2) is 29.7 Å². The van der Waals surface area contributed by atoms with Crippen LogP contribution in [0.15, 0.2) is 42.5 Å². The van der Waals surface area contributed by atoms with Gasteiger partial charge in [-0.2, -0.15) is 0 Å². The summed E-state index contributed by atoms with van der Waals surface area (Å²) in [5.41, 5.74) is 1.59. The Balaban J connectivity index is 1.87. The molecule has 140 valence electrons. The van der Waals surface area contributed by atoms with Crippen molar-refractivity contribution in [2.45, 2.75) is 37.3 Å². The predicted octanol–water partition coefficient (Wildman–Crippen LogP) is 4.44. The molecule has 1 fully saturated rings. The molecule has 1 aliphatic heterocycles. The Bertz CT molecular complexity index is 898. The summed E-state index contributed by atoms with van der Waals surface area (Å²) in [6, 6.07) is 13.2. The second kappa shape index (κ2) is 7.27. The maximum Gasteiger partial charge on any atom is 0.249 e. The number of aldehydes is 1. The minimum atomic E-state index is -0.948. The molecule has 1 saturated carbocycles. The lowest BCUT2D eigenvalue weighted by atomic mass is 9.79. The Kier molecular flexibility index (Phi) is 4.97. The van der Waals surface area contributed by atoms with Crippen molar-refractivity contribution in [3.8, 4) is 0 Å². The highest BCUT2D eigenvalue weighted by molar-refractivity contribution is 6.31. The average molecular weight is 403 g/mol. The Morgan fingerprint density at radius 3 is 2.59 bits per heavy atom. The van der Waals surface area contributed by atoms with Crippen LogP contribution < -0.4 is 5.32 Å². The predicted molar refractivity (Wildman–Crippen MR) is 107 cm³/mol. The summed E-state index contributed by atoms with van der Waals surface area (Å²) in [4.78, 5) is 27.0. The molecule has 0 spiro atoms. The van der Waals surface area contributed by atoms with Crippen LogP contribution in [0.25, 0.3) is 0 Å². The molecule has 1 unspecified atom stereocenters. The van der Waals surface area contributed by atoms with Gasteiger partial charge in [0.15, 0.2) is 0 Å². The lowest BCUT2D eigenvalue weighted by Gasteiger charge is -2.47. The van der Waals surface area contributed by atoms with E-state index < -0.39 is 5.54 Å². The number of nitrogens with zero attached hydrogens (tertiary/aromatic N) is 1. The molecule has 27 heavy (non-hydrogen) atoms. The fraction of sp³-hybridized carbons (Fsp3) is 0.333. The van der Waals surface area contributed by atoms with Crippen LogP contribution in [0, 0.1) is 0 Å². The summed E-state index contributed by atoms with van der Waals surface area (Å²) in [6.07, 6.45) is 4.42. The molecule has 4 nitrogen and oxygen atoms in total. The van der Waals surface area contributed by atoms with E-state index in [9.17, 15) is 9.59 Å². The van der Waals surface area contributed by atoms with E-state index in [1.54, 1.807) is 12.1 Å². The highest BCUT2D eigenvalue weighted by Crippen LogP contribution is 2.47. The second-order valence-corrected chi connectivity index (χ2v) is 8.09.